The number of amides is 1. The third-order valence-electron chi connectivity index (χ3n) is 8.69. The molecule has 3 aromatic rings. The van der Waals surface area contributed by atoms with Crippen LogP contribution in [0.15, 0.2) is 95.9 Å². The molecule has 1 aliphatic carbocycles. The molecule has 5 rings (SSSR count). The van der Waals surface area contributed by atoms with Gasteiger partial charge in [-0.05, 0) is 121 Å². The lowest BCUT2D eigenvalue weighted by Gasteiger charge is -2.23. The molecule has 2 aliphatic rings. The molecular formula is C38H43FN4O3. The summed E-state index contributed by atoms with van der Waals surface area (Å²) in [6.07, 6.45) is 11.9. The van der Waals surface area contributed by atoms with Gasteiger partial charge in [-0.3, -0.25) is 9.78 Å². The van der Waals surface area contributed by atoms with E-state index in [2.05, 4.69) is 52.3 Å². The number of piperidine rings is 1. The number of nitrogens with zero attached hydrogens (tertiary/aromatic N) is 1. The van der Waals surface area contributed by atoms with Crippen molar-refractivity contribution in [1.29, 1.82) is 0 Å². The van der Waals surface area contributed by atoms with Gasteiger partial charge in [0.05, 0.1) is 31.1 Å². The molecule has 7 nitrogen and oxygen atoms in total. The number of pyridine rings is 1. The summed E-state index contributed by atoms with van der Waals surface area (Å²) >= 11 is 0. The van der Waals surface area contributed by atoms with E-state index >= 15 is 4.39 Å². The van der Waals surface area contributed by atoms with Crippen LogP contribution in [0, 0.1) is 5.92 Å². The van der Waals surface area contributed by atoms with Crippen molar-refractivity contribution in [3.8, 4) is 11.5 Å². The lowest BCUT2D eigenvalue weighted by atomic mass is 9.90. The minimum absolute atomic E-state index is 0.167. The van der Waals surface area contributed by atoms with E-state index in [-0.39, 0.29) is 11.4 Å². The van der Waals surface area contributed by atoms with Crippen LogP contribution in [0.25, 0.3) is 10.9 Å². The van der Waals surface area contributed by atoms with E-state index in [1.807, 2.05) is 24.3 Å². The normalized spacial score (nSPS) is 15.0. The van der Waals surface area contributed by atoms with E-state index in [4.69, 9.17) is 9.47 Å². The fraction of sp³-hybridized carbons (Fsp3) is 0.342. The van der Waals surface area contributed by atoms with Crippen LogP contribution in [-0.4, -0.2) is 38.2 Å². The maximum atomic E-state index is 15.6. The third-order valence-corrected chi connectivity index (χ3v) is 8.69. The van der Waals surface area contributed by atoms with Gasteiger partial charge in [-0.1, -0.05) is 19.6 Å². The Morgan fingerprint density at radius 2 is 1.89 bits per heavy atom. The molecular weight excluding hydrogens is 579 g/mol. The highest BCUT2D eigenvalue weighted by atomic mass is 19.1. The van der Waals surface area contributed by atoms with Gasteiger partial charge < -0.3 is 25.4 Å². The number of halogens is 1. The van der Waals surface area contributed by atoms with Crippen molar-refractivity contribution in [3.63, 3.8) is 0 Å². The molecule has 46 heavy (non-hydrogen) atoms. The van der Waals surface area contributed by atoms with Crippen molar-refractivity contribution in [2.45, 2.75) is 52.0 Å². The molecule has 0 unspecified atom stereocenters. The van der Waals surface area contributed by atoms with Gasteiger partial charge >= 0.3 is 0 Å². The smallest absolute Gasteiger partial charge is 0.271 e. The van der Waals surface area contributed by atoms with E-state index in [0.29, 0.717) is 18.5 Å². The SMILES string of the molecule is C=C(NCc1cc(CC)cc(OC)c1)C(=O)NC1=CC(F)=C(Cc2ccnc3cc(CCC4CCNCC4)c(OC)cc23)C=C=C1. The second kappa shape index (κ2) is 15.6. The standard InChI is InChI=1S/C38H43FN4O3/c1-5-26-17-28(19-33(18-26)45-3)24-42-25(2)38(44)43-32-8-6-7-30(35(39)22-32)20-29-13-16-41-36-21-31(37(46-4)23-34(29)36)10-9-27-11-14-40-15-12-27/h7-8,13,16-19,21-23,27,40,42H,2,5,9-12,14-15,20,24H2,1,3-4H3,(H,43,44). The van der Waals surface area contributed by atoms with Crippen LogP contribution in [0.3, 0.4) is 0 Å². The summed E-state index contributed by atoms with van der Waals surface area (Å²) in [5.74, 6) is 1.40. The van der Waals surface area contributed by atoms with Gasteiger partial charge in [0.15, 0.2) is 0 Å². The second-order valence-electron chi connectivity index (χ2n) is 11.8. The van der Waals surface area contributed by atoms with Gasteiger partial charge in [-0.25, -0.2) is 4.39 Å². The van der Waals surface area contributed by atoms with Crippen LogP contribution in [-0.2, 0) is 30.6 Å². The molecule has 8 heteroatoms. The van der Waals surface area contributed by atoms with Crippen molar-refractivity contribution >= 4 is 16.8 Å². The third kappa shape index (κ3) is 8.33. The number of nitrogens with one attached hydrogen (secondary N) is 3. The minimum atomic E-state index is -0.456. The summed E-state index contributed by atoms with van der Waals surface area (Å²) in [6, 6.07) is 12.0. The first-order chi connectivity index (χ1) is 22.4. The predicted octanol–water partition coefficient (Wildman–Crippen LogP) is 6.54. The number of carbonyl (C=O) groups is 1. The number of hydrogen-bond donors (Lipinski definition) is 3. The number of carbonyl (C=O) groups excluding carboxylic acids is 1. The van der Waals surface area contributed by atoms with Gasteiger partial charge in [-0.15, -0.1) is 5.73 Å². The van der Waals surface area contributed by atoms with Crippen LogP contribution in [0.2, 0.25) is 0 Å². The van der Waals surface area contributed by atoms with E-state index in [0.717, 1.165) is 82.9 Å². The molecule has 1 saturated heterocycles. The average molecular weight is 623 g/mol. The molecule has 1 aliphatic heterocycles. The van der Waals surface area contributed by atoms with Crippen molar-refractivity contribution in [1.82, 2.24) is 20.9 Å². The fourth-order valence-electron chi connectivity index (χ4n) is 5.98. The van der Waals surface area contributed by atoms with Crippen molar-refractivity contribution in [2.75, 3.05) is 27.3 Å². The zero-order valence-electron chi connectivity index (χ0n) is 27.0. The summed E-state index contributed by atoms with van der Waals surface area (Å²) in [5.41, 5.74) is 8.95. The fourth-order valence-corrected chi connectivity index (χ4v) is 5.98. The number of hydrogen-bond acceptors (Lipinski definition) is 6. The molecule has 240 valence electrons. The average Bonchev–Trinajstić information content (AvgIpc) is 3.25. The number of fused-ring (bicyclic) bond motifs is 1. The maximum Gasteiger partial charge on any atom is 0.271 e. The summed E-state index contributed by atoms with van der Waals surface area (Å²) < 4.78 is 26.7. The molecule has 0 bridgehead atoms. The Labute approximate surface area is 271 Å². The van der Waals surface area contributed by atoms with Gasteiger partial charge in [-0.2, -0.15) is 0 Å². The first-order valence-corrected chi connectivity index (χ1v) is 16.0. The molecule has 2 aromatic carbocycles. The van der Waals surface area contributed by atoms with E-state index < -0.39 is 11.7 Å². The summed E-state index contributed by atoms with van der Waals surface area (Å²) in [4.78, 5) is 17.5. The van der Waals surface area contributed by atoms with E-state index in [1.54, 1.807) is 32.6 Å². The monoisotopic (exact) mass is 622 g/mol. The molecule has 1 fully saturated rings. The van der Waals surface area contributed by atoms with Gasteiger partial charge in [0.2, 0.25) is 0 Å². The zero-order valence-corrected chi connectivity index (χ0v) is 27.0. The molecule has 0 saturated carbocycles. The number of rotatable bonds is 13. The number of benzene rings is 2. The Kier molecular flexibility index (Phi) is 11.1. The first-order valence-electron chi connectivity index (χ1n) is 16.0. The van der Waals surface area contributed by atoms with Crippen molar-refractivity contribution in [3.05, 3.63) is 118 Å². The Morgan fingerprint density at radius 1 is 1.09 bits per heavy atom. The van der Waals surface area contributed by atoms with E-state index in [9.17, 15) is 4.79 Å². The topological polar surface area (TPSA) is 84.5 Å². The number of allylic oxidation sites excluding steroid dienone is 4. The van der Waals surface area contributed by atoms with Crippen molar-refractivity contribution < 1.29 is 18.7 Å². The highest BCUT2D eigenvalue weighted by Crippen LogP contribution is 2.31. The summed E-state index contributed by atoms with van der Waals surface area (Å²) in [5, 5.41) is 10.1. The second-order valence-corrected chi connectivity index (χ2v) is 11.8. The molecule has 3 N–H and O–H groups in total. The number of aryl methyl sites for hydroxylation is 2. The Hall–Kier alpha value is -4.65. The Balaban J connectivity index is 1.26. The quantitative estimate of drug-likeness (QED) is 0.148. The lowest BCUT2D eigenvalue weighted by Crippen LogP contribution is -2.30. The largest absolute Gasteiger partial charge is 0.497 e. The predicted molar refractivity (Wildman–Crippen MR) is 181 cm³/mol. The summed E-state index contributed by atoms with van der Waals surface area (Å²) in [7, 11) is 3.32. The Morgan fingerprint density at radius 3 is 2.65 bits per heavy atom. The van der Waals surface area contributed by atoms with Gasteiger partial charge in [0, 0.05) is 30.6 Å². The Bertz CT molecular complexity index is 1710. The summed E-state index contributed by atoms with van der Waals surface area (Å²) in [6.45, 7) is 8.51. The van der Waals surface area contributed by atoms with Crippen LogP contribution in [0.4, 0.5) is 4.39 Å². The highest BCUT2D eigenvalue weighted by Gasteiger charge is 2.17. The van der Waals surface area contributed by atoms with Gasteiger partial charge in [0.1, 0.15) is 17.3 Å². The number of aromatic nitrogens is 1. The lowest BCUT2D eigenvalue weighted by molar-refractivity contribution is -0.117. The van der Waals surface area contributed by atoms with E-state index in [1.165, 1.54) is 18.9 Å². The molecule has 2 heterocycles. The number of methoxy groups -OCH3 is 2. The number of ether oxygens (including phenoxy) is 2. The molecule has 0 radical (unpaired) electrons. The maximum absolute atomic E-state index is 15.6. The van der Waals surface area contributed by atoms with Crippen LogP contribution in [0.5, 0.6) is 11.5 Å². The van der Waals surface area contributed by atoms with Crippen molar-refractivity contribution in [2.24, 2.45) is 5.92 Å². The van der Waals surface area contributed by atoms with Crippen LogP contribution in [0.1, 0.15) is 48.4 Å². The zero-order chi connectivity index (χ0) is 32.5. The molecule has 0 atom stereocenters. The highest BCUT2D eigenvalue weighted by molar-refractivity contribution is 5.93. The molecule has 1 aromatic heterocycles. The van der Waals surface area contributed by atoms with Crippen LogP contribution < -0.4 is 25.4 Å². The van der Waals surface area contributed by atoms with Gasteiger partial charge in [0.25, 0.3) is 5.91 Å². The minimum Gasteiger partial charge on any atom is -0.497 e. The molecule has 1 amide bonds. The molecule has 0 spiro atoms. The first kappa shape index (κ1) is 32.7. The van der Waals surface area contributed by atoms with Crippen LogP contribution >= 0.6 is 0 Å².